The van der Waals surface area contributed by atoms with Crippen LogP contribution in [0.25, 0.3) is 0 Å². The number of carbonyl (C=O) groups is 1. The lowest BCUT2D eigenvalue weighted by Gasteiger charge is -2.18. The lowest BCUT2D eigenvalue weighted by atomic mass is 9.88. The first-order valence-corrected chi connectivity index (χ1v) is 5.32. The van der Waals surface area contributed by atoms with E-state index in [9.17, 15) is 4.79 Å². The number of nitrogens with one attached hydrogen (secondary N) is 1. The SMILES string of the molecule is CCC(C)(C#N)C(=O)NCCC1CC1. The van der Waals surface area contributed by atoms with Crippen LogP contribution in [-0.4, -0.2) is 12.5 Å². The molecule has 0 aromatic heterocycles. The smallest absolute Gasteiger partial charge is 0.240 e. The van der Waals surface area contributed by atoms with Crippen molar-refractivity contribution in [1.82, 2.24) is 5.32 Å². The molecule has 0 aromatic carbocycles. The van der Waals surface area contributed by atoms with Crippen molar-refractivity contribution in [2.45, 2.75) is 39.5 Å². The van der Waals surface area contributed by atoms with Crippen LogP contribution >= 0.6 is 0 Å². The fraction of sp³-hybridized carbons (Fsp3) is 0.818. The number of nitriles is 1. The maximum atomic E-state index is 11.6. The predicted molar refractivity (Wildman–Crippen MR) is 54.4 cm³/mol. The maximum absolute atomic E-state index is 11.6. The lowest BCUT2D eigenvalue weighted by molar-refractivity contribution is -0.127. The van der Waals surface area contributed by atoms with Gasteiger partial charge in [-0.05, 0) is 25.7 Å². The third-order valence-electron chi connectivity index (χ3n) is 2.99. The summed E-state index contributed by atoms with van der Waals surface area (Å²) in [5.74, 6) is 0.702. The van der Waals surface area contributed by atoms with Gasteiger partial charge in [0.05, 0.1) is 6.07 Å². The molecule has 14 heavy (non-hydrogen) atoms. The Morgan fingerprint density at radius 2 is 2.29 bits per heavy atom. The summed E-state index contributed by atoms with van der Waals surface area (Å²) in [5, 5.41) is 11.7. The van der Waals surface area contributed by atoms with Gasteiger partial charge in [-0.2, -0.15) is 5.26 Å². The average Bonchev–Trinajstić information content (AvgIpc) is 3.00. The first kappa shape index (κ1) is 11.0. The molecule has 0 heterocycles. The Bertz CT molecular complexity index is 253. The Morgan fingerprint density at radius 3 is 2.71 bits per heavy atom. The highest BCUT2D eigenvalue weighted by molar-refractivity contribution is 5.84. The van der Waals surface area contributed by atoms with E-state index in [4.69, 9.17) is 5.26 Å². The molecule has 78 valence electrons. The topological polar surface area (TPSA) is 52.9 Å². The van der Waals surface area contributed by atoms with Crippen LogP contribution in [0, 0.1) is 22.7 Å². The van der Waals surface area contributed by atoms with Crippen LogP contribution in [-0.2, 0) is 4.79 Å². The third kappa shape index (κ3) is 2.73. The highest BCUT2D eigenvalue weighted by Crippen LogP contribution is 2.31. The van der Waals surface area contributed by atoms with Gasteiger partial charge in [0, 0.05) is 6.54 Å². The van der Waals surface area contributed by atoms with Crippen LogP contribution in [0.2, 0.25) is 0 Å². The molecule has 0 radical (unpaired) electrons. The summed E-state index contributed by atoms with van der Waals surface area (Å²) >= 11 is 0. The predicted octanol–water partition coefficient (Wildman–Crippen LogP) is 1.84. The fourth-order valence-electron chi connectivity index (χ4n) is 1.28. The van der Waals surface area contributed by atoms with E-state index in [0.717, 1.165) is 18.9 Å². The van der Waals surface area contributed by atoms with Crippen molar-refractivity contribution in [1.29, 1.82) is 5.26 Å². The van der Waals surface area contributed by atoms with Gasteiger partial charge in [0.1, 0.15) is 5.41 Å². The first-order valence-electron chi connectivity index (χ1n) is 5.32. The van der Waals surface area contributed by atoms with Crippen LogP contribution in [0.1, 0.15) is 39.5 Å². The maximum Gasteiger partial charge on any atom is 0.240 e. The van der Waals surface area contributed by atoms with Crippen LogP contribution in [0.15, 0.2) is 0 Å². The Balaban J connectivity index is 2.28. The summed E-state index contributed by atoms with van der Waals surface area (Å²) in [6, 6.07) is 2.07. The van der Waals surface area contributed by atoms with Crippen molar-refractivity contribution in [2.75, 3.05) is 6.54 Å². The molecule has 0 aromatic rings. The number of nitrogens with zero attached hydrogens (tertiary/aromatic N) is 1. The van der Waals surface area contributed by atoms with Crippen molar-refractivity contribution in [3.63, 3.8) is 0 Å². The standard InChI is InChI=1S/C11H18N2O/c1-3-11(2,8-12)10(14)13-7-6-9-4-5-9/h9H,3-7H2,1-2H3,(H,13,14). The minimum atomic E-state index is -0.844. The Labute approximate surface area is 85.5 Å². The normalized spacial score (nSPS) is 19.5. The Morgan fingerprint density at radius 1 is 1.64 bits per heavy atom. The van der Waals surface area contributed by atoms with Gasteiger partial charge in [0.15, 0.2) is 0 Å². The van der Waals surface area contributed by atoms with Gasteiger partial charge in [0.2, 0.25) is 5.91 Å². The lowest BCUT2D eigenvalue weighted by Crippen LogP contribution is -2.38. The molecule has 0 saturated heterocycles. The Kier molecular flexibility index (Phi) is 3.51. The van der Waals surface area contributed by atoms with E-state index in [1.165, 1.54) is 12.8 Å². The molecule has 0 spiro atoms. The summed E-state index contributed by atoms with van der Waals surface area (Å²) in [7, 11) is 0. The van der Waals surface area contributed by atoms with E-state index in [1.807, 2.05) is 6.92 Å². The second-order valence-corrected chi connectivity index (χ2v) is 4.29. The molecule has 1 amide bonds. The van der Waals surface area contributed by atoms with Gasteiger partial charge in [-0.3, -0.25) is 4.79 Å². The second kappa shape index (κ2) is 4.45. The van der Waals surface area contributed by atoms with Crippen molar-refractivity contribution in [3.05, 3.63) is 0 Å². The van der Waals surface area contributed by atoms with E-state index in [-0.39, 0.29) is 5.91 Å². The fourth-order valence-corrected chi connectivity index (χ4v) is 1.28. The van der Waals surface area contributed by atoms with Crippen molar-refractivity contribution < 1.29 is 4.79 Å². The van der Waals surface area contributed by atoms with E-state index in [1.54, 1.807) is 6.92 Å². The molecule has 3 heteroatoms. The quantitative estimate of drug-likeness (QED) is 0.726. The van der Waals surface area contributed by atoms with E-state index in [2.05, 4.69) is 11.4 Å². The minimum absolute atomic E-state index is 0.122. The molecule has 1 aliphatic rings. The number of rotatable bonds is 5. The number of hydrogen-bond acceptors (Lipinski definition) is 2. The largest absolute Gasteiger partial charge is 0.355 e. The molecule has 1 saturated carbocycles. The number of hydrogen-bond donors (Lipinski definition) is 1. The van der Waals surface area contributed by atoms with Crippen LogP contribution < -0.4 is 5.32 Å². The molecule has 0 bridgehead atoms. The molecule has 0 aliphatic heterocycles. The van der Waals surface area contributed by atoms with Gasteiger partial charge in [0.25, 0.3) is 0 Å². The number of amides is 1. The highest BCUT2D eigenvalue weighted by atomic mass is 16.2. The summed E-state index contributed by atoms with van der Waals surface area (Å²) in [5.41, 5.74) is -0.844. The summed E-state index contributed by atoms with van der Waals surface area (Å²) in [6.45, 7) is 4.28. The van der Waals surface area contributed by atoms with Gasteiger partial charge >= 0.3 is 0 Å². The van der Waals surface area contributed by atoms with Gasteiger partial charge < -0.3 is 5.32 Å². The zero-order valence-corrected chi connectivity index (χ0v) is 8.97. The highest BCUT2D eigenvalue weighted by Gasteiger charge is 2.31. The van der Waals surface area contributed by atoms with Gasteiger partial charge in [-0.15, -0.1) is 0 Å². The molecule has 1 rings (SSSR count). The molecule has 1 fully saturated rings. The molecule has 1 N–H and O–H groups in total. The van der Waals surface area contributed by atoms with E-state index >= 15 is 0 Å². The Hall–Kier alpha value is -1.04. The van der Waals surface area contributed by atoms with Crippen LogP contribution in [0.4, 0.5) is 0 Å². The molecule has 3 nitrogen and oxygen atoms in total. The zero-order chi connectivity index (χ0) is 10.6. The van der Waals surface area contributed by atoms with Crippen LogP contribution in [0.3, 0.4) is 0 Å². The third-order valence-corrected chi connectivity index (χ3v) is 2.99. The summed E-state index contributed by atoms with van der Waals surface area (Å²) < 4.78 is 0. The molecule has 1 atom stereocenters. The molecular weight excluding hydrogens is 176 g/mol. The minimum Gasteiger partial charge on any atom is -0.355 e. The molecule has 1 aliphatic carbocycles. The monoisotopic (exact) mass is 194 g/mol. The first-order chi connectivity index (χ1) is 6.62. The van der Waals surface area contributed by atoms with Gasteiger partial charge in [-0.1, -0.05) is 19.8 Å². The van der Waals surface area contributed by atoms with Gasteiger partial charge in [-0.25, -0.2) is 0 Å². The van der Waals surface area contributed by atoms with E-state index in [0.29, 0.717) is 6.42 Å². The summed E-state index contributed by atoms with van der Waals surface area (Å²) in [6.07, 6.45) is 4.24. The molecular formula is C11H18N2O. The van der Waals surface area contributed by atoms with Crippen molar-refractivity contribution in [3.8, 4) is 6.07 Å². The second-order valence-electron chi connectivity index (χ2n) is 4.29. The summed E-state index contributed by atoms with van der Waals surface area (Å²) in [4.78, 5) is 11.6. The van der Waals surface area contributed by atoms with Crippen molar-refractivity contribution >= 4 is 5.91 Å². The molecule has 1 unspecified atom stereocenters. The number of carbonyl (C=O) groups excluding carboxylic acids is 1. The zero-order valence-electron chi connectivity index (χ0n) is 8.97. The van der Waals surface area contributed by atoms with Crippen LogP contribution in [0.5, 0.6) is 0 Å². The van der Waals surface area contributed by atoms with Crippen molar-refractivity contribution in [2.24, 2.45) is 11.3 Å². The average molecular weight is 194 g/mol. The van der Waals surface area contributed by atoms with E-state index < -0.39 is 5.41 Å².